The van der Waals surface area contributed by atoms with Gasteiger partial charge in [0.25, 0.3) is 5.91 Å². The third kappa shape index (κ3) is 6.55. The van der Waals surface area contributed by atoms with Crippen molar-refractivity contribution in [2.75, 3.05) is 51.3 Å². The molecule has 2 amide bonds. The molecule has 1 fully saturated rings. The maximum atomic E-state index is 16.6. The fraction of sp³-hybridized carbons (Fsp3) is 0.389. The average molecular weight is 682 g/mol. The van der Waals surface area contributed by atoms with Gasteiger partial charge in [0.1, 0.15) is 11.5 Å². The van der Waals surface area contributed by atoms with Crippen molar-refractivity contribution in [1.82, 2.24) is 34.8 Å². The summed E-state index contributed by atoms with van der Waals surface area (Å²) in [5, 5.41) is 17.8. The molecule has 14 heteroatoms. The largest absolute Gasteiger partial charge is 0.493 e. The summed E-state index contributed by atoms with van der Waals surface area (Å²) in [6.07, 6.45) is 11.2. The molecule has 0 radical (unpaired) electrons. The molecule has 5 heterocycles. The van der Waals surface area contributed by atoms with Crippen LogP contribution in [0.25, 0.3) is 22.0 Å². The number of nitrogens with one attached hydrogen (secondary N) is 1. The molecule has 258 valence electrons. The van der Waals surface area contributed by atoms with Crippen molar-refractivity contribution in [1.29, 1.82) is 5.26 Å². The number of methoxy groups -OCH3 is 1. The molecule has 1 N–H and O–H groups in total. The second-order valence-electron chi connectivity index (χ2n) is 12.8. The van der Waals surface area contributed by atoms with Gasteiger partial charge in [-0.2, -0.15) is 5.26 Å². The van der Waals surface area contributed by atoms with Crippen molar-refractivity contribution in [2.24, 2.45) is 5.92 Å². The zero-order valence-electron chi connectivity index (χ0n) is 27.7. The highest BCUT2D eigenvalue weighted by Crippen LogP contribution is 2.39. The second kappa shape index (κ2) is 14.1. The van der Waals surface area contributed by atoms with E-state index in [1.165, 1.54) is 13.2 Å². The third-order valence-electron chi connectivity index (χ3n) is 9.78. The van der Waals surface area contributed by atoms with Crippen LogP contribution in [0.1, 0.15) is 53.7 Å². The van der Waals surface area contributed by atoms with Crippen molar-refractivity contribution in [3.63, 3.8) is 0 Å². The summed E-state index contributed by atoms with van der Waals surface area (Å²) in [5.74, 6) is -0.507. The molecular formula is C36H37F2N9O3. The Balaban J connectivity index is 1.16. The van der Waals surface area contributed by atoms with Crippen molar-refractivity contribution in [2.45, 2.75) is 38.6 Å². The molecule has 0 spiro atoms. The predicted octanol–water partition coefficient (Wildman–Crippen LogP) is 4.82. The summed E-state index contributed by atoms with van der Waals surface area (Å²) in [5.41, 5.74) is 3.43. The number of anilines is 1. The Kier molecular flexibility index (Phi) is 9.29. The van der Waals surface area contributed by atoms with Gasteiger partial charge in [0.05, 0.1) is 43.6 Å². The predicted molar refractivity (Wildman–Crippen MR) is 182 cm³/mol. The lowest BCUT2D eigenvalue weighted by Crippen LogP contribution is -2.49. The topological polar surface area (TPSA) is 136 Å². The molecule has 0 bridgehead atoms. The van der Waals surface area contributed by atoms with Crippen LogP contribution in [0.3, 0.4) is 0 Å². The minimum atomic E-state index is -0.494. The number of rotatable bonds is 8. The molecule has 12 nitrogen and oxygen atoms in total. The minimum absolute atomic E-state index is 0.0492. The number of aromatic amines is 1. The normalized spacial score (nSPS) is 18.1. The first-order chi connectivity index (χ1) is 24.3. The summed E-state index contributed by atoms with van der Waals surface area (Å²) in [7, 11) is 1.46. The molecule has 50 heavy (non-hydrogen) atoms. The summed E-state index contributed by atoms with van der Waals surface area (Å²) in [6, 6.07) is 7.20. The van der Waals surface area contributed by atoms with Gasteiger partial charge < -0.3 is 24.4 Å². The molecule has 1 saturated heterocycles. The smallest absolute Gasteiger partial charge is 0.270 e. The molecule has 1 aliphatic carbocycles. The molecule has 7 rings (SSSR count). The number of halogens is 2. The number of allylic oxidation sites excluding steroid dienone is 2. The van der Waals surface area contributed by atoms with Gasteiger partial charge in [0.15, 0.2) is 17.4 Å². The van der Waals surface area contributed by atoms with E-state index in [9.17, 15) is 19.2 Å². The van der Waals surface area contributed by atoms with E-state index >= 15 is 4.39 Å². The van der Waals surface area contributed by atoms with E-state index in [0.717, 1.165) is 17.3 Å². The van der Waals surface area contributed by atoms with Gasteiger partial charge in [-0.25, -0.2) is 13.8 Å². The van der Waals surface area contributed by atoms with Gasteiger partial charge in [0, 0.05) is 68.9 Å². The molecule has 3 aliphatic rings. The number of nitrogens with zero attached hydrogens (tertiary/aromatic N) is 8. The van der Waals surface area contributed by atoms with E-state index in [-0.39, 0.29) is 41.9 Å². The molecule has 3 aromatic heterocycles. The fourth-order valence-corrected chi connectivity index (χ4v) is 7.04. The Labute approximate surface area is 287 Å². The van der Waals surface area contributed by atoms with Gasteiger partial charge in [-0.15, -0.1) is 5.10 Å². The number of benzene rings is 1. The van der Waals surface area contributed by atoms with Crippen LogP contribution in [-0.4, -0.2) is 93.0 Å². The number of aryl methyl sites for hydroxylation is 1. The number of hydrogen-bond acceptors (Lipinski definition) is 8. The number of amides is 2. The van der Waals surface area contributed by atoms with Crippen LogP contribution < -0.4 is 9.64 Å². The number of carbonyl (C=O) groups excluding carboxylic acids is 2. The molecular weight excluding hydrogens is 644 g/mol. The number of nitriles is 1. The number of carbonyl (C=O) groups is 2. The lowest BCUT2D eigenvalue weighted by atomic mass is 9.85. The van der Waals surface area contributed by atoms with E-state index in [1.807, 2.05) is 17.0 Å². The van der Waals surface area contributed by atoms with Crippen LogP contribution in [0.4, 0.5) is 14.6 Å². The van der Waals surface area contributed by atoms with E-state index < -0.39 is 11.6 Å². The summed E-state index contributed by atoms with van der Waals surface area (Å²) >= 11 is 0. The zero-order chi connectivity index (χ0) is 34.8. The number of ether oxygens (including phenoxy) is 1. The Hall–Kier alpha value is -5.58. The summed E-state index contributed by atoms with van der Waals surface area (Å²) < 4.78 is 37.3. The van der Waals surface area contributed by atoms with Gasteiger partial charge in [-0.1, -0.05) is 17.4 Å². The average Bonchev–Trinajstić information content (AvgIpc) is 3.85. The van der Waals surface area contributed by atoms with Crippen LogP contribution in [0.5, 0.6) is 5.75 Å². The Bertz CT molecular complexity index is 2020. The highest BCUT2D eigenvalue weighted by molar-refractivity contribution is 6.03. The Morgan fingerprint density at radius 3 is 2.62 bits per heavy atom. The number of pyridine rings is 1. The maximum absolute atomic E-state index is 16.6. The van der Waals surface area contributed by atoms with Crippen LogP contribution >= 0.6 is 0 Å². The number of fused-ring (bicyclic) bond motifs is 1. The van der Waals surface area contributed by atoms with Crippen molar-refractivity contribution in [3.8, 4) is 11.8 Å². The number of aromatic nitrogens is 5. The highest BCUT2D eigenvalue weighted by atomic mass is 19.1. The van der Waals surface area contributed by atoms with Crippen molar-refractivity contribution in [3.05, 3.63) is 77.4 Å². The molecule has 1 aromatic carbocycles. The lowest BCUT2D eigenvalue weighted by molar-refractivity contribution is -0.131. The van der Waals surface area contributed by atoms with Crippen molar-refractivity contribution < 1.29 is 23.1 Å². The third-order valence-corrected chi connectivity index (χ3v) is 9.78. The Morgan fingerprint density at radius 2 is 1.90 bits per heavy atom. The fourth-order valence-electron chi connectivity index (χ4n) is 7.04. The minimum Gasteiger partial charge on any atom is -0.493 e. The lowest BCUT2D eigenvalue weighted by Gasteiger charge is -2.35. The van der Waals surface area contributed by atoms with Crippen LogP contribution in [0.2, 0.25) is 0 Å². The Morgan fingerprint density at radius 1 is 1.06 bits per heavy atom. The van der Waals surface area contributed by atoms with Gasteiger partial charge in [-0.3, -0.25) is 14.3 Å². The monoisotopic (exact) mass is 681 g/mol. The van der Waals surface area contributed by atoms with Crippen LogP contribution in [0, 0.1) is 28.9 Å². The summed E-state index contributed by atoms with van der Waals surface area (Å²) in [6.45, 7) is 2.88. The van der Waals surface area contributed by atoms with E-state index in [2.05, 4.69) is 32.4 Å². The first-order valence-electron chi connectivity index (χ1n) is 16.8. The quantitative estimate of drug-likeness (QED) is 0.280. The first kappa shape index (κ1) is 32.9. The van der Waals surface area contributed by atoms with E-state index in [1.54, 1.807) is 32.9 Å². The molecule has 0 saturated carbocycles. The van der Waals surface area contributed by atoms with E-state index in [0.29, 0.717) is 93.0 Å². The van der Waals surface area contributed by atoms with Crippen LogP contribution in [-0.2, 0) is 11.3 Å². The number of H-pyrrole nitrogens is 1. The highest BCUT2D eigenvalue weighted by Gasteiger charge is 2.29. The van der Waals surface area contributed by atoms with Gasteiger partial charge in [0.2, 0.25) is 5.91 Å². The van der Waals surface area contributed by atoms with Gasteiger partial charge in [-0.05, 0) is 54.5 Å². The standard InChI is InChI=1S/C36H37F2N9O3/c1-50-31-17-26(37)21-40-35(31)44-13-15-45(16-14-44)36(49)30-19-29-27(24-6-4-23(20-39)5-7-24)18-28(33(38)34(29)42-30)25-3-2-10-46(22-25)32(48)8-11-47-12-9-41-43-47/h3,6,9,12,17-19,21,23,42H,2,4-5,7-8,10-11,13-16,22H2,1H3. The van der Waals surface area contributed by atoms with Crippen molar-refractivity contribution >= 4 is 39.7 Å². The maximum Gasteiger partial charge on any atom is 0.270 e. The molecule has 1 unspecified atom stereocenters. The number of piperazine rings is 1. The molecule has 2 aliphatic heterocycles. The zero-order valence-corrected chi connectivity index (χ0v) is 27.7. The summed E-state index contributed by atoms with van der Waals surface area (Å²) in [4.78, 5) is 39.7. The number of hydrogen-bond donors (Lipinski definition) is 1. The van der Waals surface area contributed by atoms with Gasteiger partial charge >= 0.3 is 0 Å². The van der Waals surface area contributed by atoms with E-state index in [4.69, 9.17) is 4.74 Å². The first-order valence-corrected chi connectivity index (χ1v) is 16.8. The second-order valence-corrected chi connectivity index (χ2v) is 12.8. The molecule has 1 atom stereocenters. The molecule has 4 aromatic rings. The SMILES string of the molecule is COc1cc(F)cnc1N1CCN(C(=O)c2cc3c(C4=CCC(C#N)CC4)cc(C4=CCCN(C(=O)CCn5ccnn5)C4)c(F)c3[nH]2)CC1. The van der Waals surface area contributed by atoms with Crippen LogP contribution in [0.15, 0.2) is 48.9 Å².